The van der Waals surface area contributed by atoms with E-state index in [4.69, 9.17) is 4.74 Å². The van der Waals surface area contributed by atoms with Crippen LogP contribution in [0, 0.1) is 0 Å². The molecule has 0 unspecified atom stereocenters. The first kappa shape index (κ1) is 9.51. The van der Waals surface area contributed by atoms with Gasteiger partial charge in [0.05, 0.1) is 23.1 Å². The van der Waals surface area contributed by atoms with Gasteiger partial charge in [-0.25, -0.2) is 4.79 Å². The lowest BCUT2D eigenvalue weighted by molar-refractivity contribution is 0.0528. The van der Waals surface area contributed by atoms with Crippen LogP contribution in [0.4, 0.5) is 0 Å². The Balaban J connectivity index is 2.62. The summed E-state index contributed by atoms with van der Waals surface area (Å²) in [6.07, 6.45) is 2.97. The quantitative estimate of drug-likeness (QED) is 0.720. The third kappa shape index (κ3) is 1.52. The van der Waals surface area contributed by atoms with Crippen LogP contribution in [0.1, 0.15) is 17.3 Å². The minimum Gasteiger partial charge on any atom is -0.462 e. The minimum absolute atomic E-state index is 0.223. The van der Waals surface area contributed by atoms with Gasteiger partial charge in [-0.05, 0) is 13.0 Å². The van der Waals surface area contributed by atoms with Crippen LogP contribution in [0.2, 0.25) is 0 Å². The molecule has 2 aromatic heterocycles. The van der Waals surface area contributed by atoms with E-state index in [2.05, 4.69) is 9.97 Å². The molecule has 0 spiro atoms. The Morgan fingerprint density at radius 2 is 2.27 bits per heavy atom. The largest absolute Gasteiger partial charge is 0.462 e. The topological polar surface area (TPSA) is 75.0 Å². The number of rotatable bonds is 2. The predicted molar refractivity (Wildman–Crippen MR) is 54.9 cm³/mol. The van der Waals surface area contributed by atoms with Gasteiger partial charge >= 0.3 is 5.97 Å². The average molecular weight is 206 g/mol. The van der Waals surface area contributed by atoms with Crippen LogP contribution in [0.15, 0.2) is 23.3 Å². The number of hydrogen-bond acceptors (Lipinski definition) is 3. The Kier molecular flexibility index (Phi) is 2.29. The zero-order valence-electron chi connectivity index (χ0n) is 8.16. The van der Waals surface area contributed by atoms with Gasteiger partial charge in [0.15, 0.2) is 0 Å². The van der Waals surface area contributed by atoms with E-state index < -0.39 is 5.97 Å². The number of fused-ring (bicyclic) bond motifs is 1. The second-order valence-corrected chi connectivity index (χ2v) is 3.02. The molecule has 0 fully saturated rings. The number of pyridine rings is 1. The Bertz CT molecular complexity index is 553. The fraction of sp³-hybridized carbons (Fsp3) is 0.200. The number of nitrogens with one attached hydrogen (secondary N) is 2. The standard InChI is InChI=1S/C10H10N2O3/c1-2-15-10(14)7-5-12-9(13)6-3-4-11-8(6)7/h3-5,11H,2H2,1H3,(H,12,13). The lowest BCUT2D eigenvalue weighted by atomic mass is 10.2. The van der Waals surface area contributed by atoms with Crippen molar-refractivity contribution in [3.8, 4) is 0 Å². The summed E-state index contributed by atoms with van der Waals surface area (Å²) in [4.78, 5) is 28.2. The summed E-state index contributed by atoms with van der Waals surface area (Å²) >= 11 is 0. The number of esters is 1. The molecule has 2 rings (SSSR count). The van der Waals surface area contributed by atoms with Gasteiger partial charge in [0.1, 0.15) is 0 Å². The molecular weight excluding hydrogens is 196 g/mol. The van der Waals surface area contributed by atoms with E-state index in [1.807, 2.05) is 0 Å². The van der Waals surface area contributed by atoms with Gasteiger partial charge in [-0.3, -0.25) is 4.79 Å². The van der Waals surface area contributed by atoms with Gasteiger partial charge in [-0.2, -0.15) is 0 Å². The highest BCUT2D eigenvalue weighted by atomic mass is 16.5. The van der Waals surface area contributed by atoms with Crippen molar-refractivity contribution in [3.05, 3.63) is 34.4 Å². The van der Waals surface area contributed by atoms with Crippen LogP contribution in [0.5, 0.6) is 0 Å². The van der Waals surface area contributed by atoms with Crippen LogP contribution in [-0.2, 0) is 4.74 Å². The van der Waals surface area contributed by atoms with Crippen molar-refractivity contribution in [1.82, 2.24) is 9.97 Å². The molecular formula is C10H10N2O3. The molecule has 0 aliphatic rings. The molecule has 0 aliphatic heterocycles. The maximum Gasteiger partial charge on any atom is 0.341 e. The molecule has 0 radical (unpaired) electrons. The van der Waals surface area contributed by atoms with Gasteiger partial charge in [-0.15, -0.1) is 0 Å². The fourth-order valence-corrected chi connectivity index (χ4v) is 1.44. The van der Waals surface area contributed by atoms with Crippen LogP contribution >= 0.6 is 0 Å². The molecule has 0 aromatic carbocycles. The van der Waals surface area contributed by atoms with E-state index in [1.54, 1.807) is 19.2 Å². The molecule has 0 bridgehead atoms. The summed E-state index contributed by atoms with van der Waals surface area (Å²) in [5.41, 5.74) is 0.632. The Hall–Kier alpha value is -2.04. The van der Waals surface area contributed by atoms with Crippen molar-refractivity contribution in [1.29, 1.82) is 0 Å². The molecule has 2 aromatic rings. The summed E-state index contributed by atoms with van der Waals surface area (Å²) < 4.78 is 4.86. The van der Waals surface area contributed by atoms with E-state index in [-0.39, 0.29) is 5.56 Å². The molecule has 0 saturated heterocycles. The minimum atomic E-state index is -0.443. The highest BCUT2D eigenvalue weighted by Gasteiger charge is 2.13. The molecule has 0 amide bonds. The first-order chi connectivity index (χ1) is 7.24. The van der Waals surface area contributed by atoms with Crippen LogP contribution in [-0.4, -0.2) is 22.5 Å². The summed E-state index contributed by atoms with van der Waals surface area (Å²) in [6, 6.07) is 1.62. The number of aromatic nitrogens is 2. The monoisotopic (exact) mass is 206 g/mol. The molecule has 15 heavy (non-hydrogen) atoms. The third-order valence-electron chi connectivity index (χ3n) is 2.10. The van der Waals surface area contributed by atoms with E-state index in [0.717, 1.165) is 0 Å². The SMILES string of the molecule is CCOC(=O)c1c[nH]c(=O)c2cc[nH]c12. The normalized spacial score (nSPS) is 10.5. The van der Waals surface area contributed by atoms with Crippen LogP contribution in [0.25, 0.3) is 10.9 Å². The number of ether oxygens (including phenoxy) is 1. The van der Waals surface area contributed by atoms with Crippen molar-refractivity contribution in [2.45, 2.75) is 6.92 Å². The number of hydrogen-bond donors (Lipinski definition) is 2. The predicted octanol–water partition coefficient (Wildman–Crippen LogP) is 1.03. The van der Waals surface area contributed by atoms with E-state index in [9.17, 15) is 9.59 Å². The van der Waals surface area contributed by atoms with E-state index in [1.165, 1.54) is 6.20 Å². The van der Waals surface area contributed by atoms with Crippen molar-refractivity contribution >= 4 is 16.9 Å². The maximum absolute atomic E-state index is 11.5. The molecule has 78 valence electrons. The van der Waals surface area contributed by atoms with Crippen molar-refractivity contribution in [3.63, 3.8) is 0 Å². The number of carbonyl (C=O) groups is 1. The molecule has 5 heteroatoms. The average Bonchev–Trinajstić information content (AvgIpc) is 2.68. The Labute approximate surface area is 85.1 Å². The first-order valence-electron chi connectivity index (χ1n) is 4.60. The zero-order chi connectivity index (χ0) is 10.8. The smallest absolute Gasteiger partial charge is 0.341 e. The second kappa shape index (κ2) is 3.61. The zero-order valence-corrected chi connectivity index (χ0v) is 8.16. The van der Waals surface area contributed by atoms with Gasteiger partial charge in [-0.1, -0.05) is 0 Å². The molecule has 2 heterocycles. The van der Waals surface area contributed by atoms with Crippen molar-refractivity contribution in [2.24, 2.45) is 0 Å². The van der Waals surface area contributed by atoms with Gasteiger partial charge in [0.2, 0.25) is 0 Å². The summed E-state index contributed by atoms with van der Waals surface area (Å²) in [6.45, 7) is 2.04. The van der Waals surface area contributed by atoms with Gasteiger partial charge < -0.3 is 14.7 Å². The first-order valence-corrected chi connectivity index (χ1v) is 4.60. The second-order valence-electron chi connectivity index (χ2n) is 3.02. The van der Waals surface area contributed by atoms with Gasteiger partial charge in [0, 0.05) is 12.4 Å². The Morgan fingerprint density at radius 3 is 3.00 bits per heavy atom. The van der Waals surface area contributed by atoms with Crippen molar-refractivity contribution in [2.75, 3.05) is 6.61 Å². The highest BCUT2D eigenvalue weighted by molar-refractivity contribution is 6.02. The summed E-state index contributed by atoms with van der Waals surface area (Å²) in [7, 11) is 0. The maximum atomic E-state index is 11.5. The van der Waals surface area contributed by atoms with Gasteiger partial charge in [0.25, 0.3) is 5.56 Å². The molecule has 0 aliphatic carbocycles. The van der Waals surface area contributed by atoms with Crippen LogP contribution in [0.3, 0.4) is 0 Å². The molecule has 0 saturated carbocycles. The number of H-pyrrole nitrogens is 2. The van der Waals surface area contributed by atoms with Crippen molar-refractivity contribution < 1.29 is 9.53 Å². The highest BCUT2D eigenvalue weighted by Crippen LogP contribution is 2.12. The molecule has 2 N–H and O–H groups in total. The summed E-state index contributed by atoms with van der Waals surface area (Å²) in [5.74, 6) is -0.443. The Morgan fingerprint density at radius 1 is 1.47 bits per heavy atom. The van der Waals surface area contributed by atoms with Crippen LogP contribution < -0.4 is 5.56 Å². The summed E-state index contributed by atoms with van der Waals surface area (Å²) in [5, 5.41) is 0.459. The van der Waals surface area contributed by atoms with E-state index in [0.29, 0.717) is 23.1 Å². The lowest BCUT2D eigenvalue weighted by Crippen LogP contribution is -2.11. The lowest BCUT2D eigenvalue weighted by Gasteiger charge is -2.02. The third-order valence-corrected chi connectivity index (χ3v) is 2.10. The fourth-order valence-electron chi connectivity index (χ4n) is 1.44. The molecule has 5 nitrogen and oxygen atoms in total. The van der Waals surface area contributed by atoms with E-state index >= 15 is 0 Å². The number of aromatic amines is 2. The molecule has 0 atom stereocenters. The number of carbonyl (C=O) groups excluding carboxylic acids is 1.